The summed E-state index contributed by atoms with van der Waals surface area (Å²) in [5.41, 5.74) is 1.08. The molecule has 1 aromatic carbocycles. The van der Waals surface area contributed by atoms with Gasteiger partial charge in [-0.1, -0.05) is 30.3 Å². The molecule has 2 saturated heterocycles. The molecule has 2 aliphatic rings. The standard InChI is InChI=1S/C26H38N4O9/c1-2-37-25(32)22(13-12-20-8-4-3-5-9-20)27-21-10-6-14-28-15-7-11-23(29(28)24(21)31)26(33)38-18-16-36-17-19-39-30(34)35/h3-5,8-9,21-23,27H,2,6-7,10-19H2,1H3. The minimum absolute atomic E-state index is 0.0143. The van der Waals surface area contributed by atoms with Crippen LogP contribution in [0.1, 0.15) is 44.6 Å². The zero-order chi connectivity index (χ0) is 28.0. The van der Waals surface area contributed by atoms with Gasteiger partial charge in [0.2, 0.25) is 0 Å². The number of fused-ring (bicyclic) bond motifs is 1. The summed E-state index contributed by atoms with van der Waals surface area (Å²) in [5.74, 6) is -1.21. The summed E-state index contributed by atoms with van der Waals surface area (Å²) < 4.78 is 15.8. The number of hydrogen-bond acceptors (Lipinski definition) is 11. The first-order valence-corrected chi connectivity index (χ1v) is 13.5. The summed E-state index contributed by atoms with van der Waals surface area (Å²) in [4.78, 5) is 53.8. The number of rotatable bonds is 15. The second kappa shape index (κ2) is 16.0. The number of benzene rings is 1. The van der Waals surface area contributed by atoms with Crippen molar-refractivity contribution in [2.24, 2.45) is 0 Å². The Kier molecular flexibility index (Phi) is 12.4. The van der Waals surface area contributed by atoms with E-state index in [1.54, 1.807) is 6.92 Å². The minimum atomic E-state index is -0.906. The Labute approximate surface area is 227 Å². The van der Waals surface area contributed by atoms with Gasteiger partial charge in [0.25, 0.3) is 11.0 Å². The summed E-state index contributed by atoms with van der Waals surface area (Å²) in [6.45, 7) is 3.01. The molecule has 1 aromatic rings. The normalized spacial score (nSPS) is 20.4. The Balaban J connectivity index is 1.61. The van der Waals surface area contributed by atoms with Crippen LogP contribution in [-0.2, 0) is 39.9 Å². The van der Waals surface area contributed by atoms with Crippen LogP contribution in [0.5, 0.6) is 0 Å². The van der Waals surface area contributed by atoms with E-state index in [0.717, 1.165) is 18.4 Å². The smallest absolute Gasteiger partial charge is 0.330 e. The van der Waals surface area contributed by atoms with Crippen LogP contribution in [0.2, 0.25) is 0 Å². The number of nitrogens with one attached hydrogen (secondary N) is 1. The Morgan fingerprint density at radius 3 is 2.51 bits per heavy atom. The summed E-state index contributed by atoms with van der Waals surface area (Å²) in [6, 6.07) is 7.70. The van der Waals surface area contributed by atoms with Gasteiger partial charge in [-0.05, 0) is 51.0 Å². The van der Waals surface area contributed by atoms with Gasteiger partial charge in [0, 0.05) is 13.1 Å². The maximum absolute atomic E-state index is 13.8. The molecular weight excluding hydrogens is 512 g/mol. The van der Waals surface area contributed by atoms with Crippen LogP contribution in [-0.4, -0.2) is 97.2 Å². The monoisotopic (exact) mass is 550 g/mol. The SMILES string of the molecule is CCOC(=O)C(CCc1ccccc1)NC1CCCN2CCCC(C(=O)OCCOCCO[N+](=O)[O-])N2C1=O. The van der Waals surface area contributed by atoms with Crippen molar-refractivity contribution < 1.29 is 38.5 Å². The Morgan fingerprint density at radius 2 is 1.79 bits per heavy atom. The van der Waals surface area contributed by atoms with Gasteiger partial charge in [-0.2, -0.15) is 0 Å². The number of esters is 2. The molecule has 2 aliphatic heterocycles. The van der Waals surface area contributed by atoms with Gasteiger partial charge in [-0.3, -0.25) is 19.9 Å². The minimum Gasteiger partial charge on any atom is -0.465 e. The highest BCUT2D eigenvalue weighted by Crippen LogP contribution is 2.25. The summed E-state index contributed by atoms with van der Waals surface area (Å²) in [6.07, 6.45) is 3.54. The number of carbonyl (C=O) groups excluding carboxylic acids is 3. The fourth-order valence-corrected chi connectivity index (χ4v) is 4.82. The molecule has 1 amide bonds. The molecule has 0 spiro atoms. The molecule has 1 N–H and O–H groups in total. The van der Waals surface area contributed by atoms with Gasteiger partial charge < -0.3 is 19.0 Å². The first kappa shape index (κ1) is 30.3. The lowest BCUT2D eigenvalue weighted by atomic mass is 10.0. The fourth-order valence-electron chi connectivity index (χ4n) is 4.82. The van der Waals surface area contributed by atoms with Crippen LogP contribution in [0.25, 0.3) is 0 Å². The highest BCUT2D eigenvalue weighted by atomic mass is 17.0. The molecule has 13 nitrogen and oxygen atoms in total. The topological polar surface area (TPSA) is 150 Å². The lowest BCUT2D eigenvalue weighted by Crippen LogP contribution is -2.62. The lowest BCUT2D eigenvalue weighted by Gasteiger charge is -2.42. The molecule has 2 fully saturated rings. The van der Waals surface area contributed by atoms with Crippen molar-refractivity contribution >= 4 is 17.8 Å². The number of hydrazine groups is 1. The predicted octanol–water partition coefficient (Wildman–Crippen LogP) is 1.28. The van der Waals surface area contributed by atoms with E-state index < -0.39 is 35.2 Å². The van der Waals surface area contributed by atoms with Gasteiger partial charge in [0.1, 0.15) is 25.3 Å². The van der Waals surface area contributed by atoms with E-state index >= 15 is 0 Å². The number of ether oxygens (including phenoxy) is 3. The van der Waals surface area contributed by atoms with Crippen LogP contribution < -0.4 is 5.32 Å². The number of aryl methyl sites for hydroxylation is 1. The molecule has 3 rings (SSSR count). The number of hydrogen-bond donors (Lipinski definition) is 1. The number of nitrogens with zero attached hydrogens (tertiary/aromatic N) is 3. The first-order chi connectivity index (χ1) is 18.9. The van der Waals surface area contributed by atoms with Crippen molar-refractivity contribution in [3.63, 3.8) is 0 Å². The molecule has 2 heterocycles. The van der Waals surface area contributed by atoms with E-state index in [4.69, 9.17) is 14.2 Å². The van der Waals surface area contributed by atoms with Crippen LogP contribution >= 0.6 is 0 Å². The zero-order valence-corrected chi connectivity index (χ0v) is 22.3. The molecule has 39 heavy (non-hydrogen) atoms. The van der Waals surface area contributed by atoms with Crippen LogP contribution in [0.3, 0.4) is 0 Å². The van der Waals surface area contributed by atoms with E-state index in [-0.39, 0.29) is 38.9 Å². The van der Waals surface area contributed by atoms with Gasteiger partial charge in [-0.15, -0.1) is 10.1 Å². The molecule has 3 unspecified atom stereocenters. The van der Waals surface area contributed by atoms with Crippen molar-refractivity contribution in [3.05, 3.63) is 46.0 Å². The van der Waals surface area contributed by atoms with E-state index in [9.17, 15) is 24.5 Å². The summed E-state index contributed by atoms with van der Waals surface area (Å²) in [7, 11) is 0. The van der Waals surface area contributed by atoms with Gasteiger partial charge >= 0.3 is 11.9 Å². The molecule has 216 valence electrons. The van der Waals surface area contributed by atoms with Crippen LogP contribution in [0.4, 0.5) is 0 Å². The van der Waals surface area contributed by atoms with Crippen LogP contribution in [0.15, 0.2) is 30.3 Å². The van der Waals surface area contributed by atoms with E-state index in [1.807, 2.05) is 35.3 Å². The average Bonchev–Trinajstić information content (AvgIpc) is 3.09. The van der Waals surface area contributed by atoms with Crippen molar-refractivity contribution in [3.8, 4) is 0 Å². The largest absolute Gasteiger partial charge is 0.465 e. The highest BCUT2D eigenvalue weighted by molar-refractivity contribution is 5.88. The predicted molar refractivity (Wildman–Crippen MR) is 138 cm³/mol. The maximum Gasteiger partial charge on any atom is 0.330 e. The summed E-state index contributed by atoms with van der Waals surface area (Å²) >= 11 is 0. The third-order valence-electron chi connectivity index (χ3n) is 6.63. The second-order valence-corrected chi connectivity index (χ2v) is 9.32. The third-order valence-corrected chi connectivity index (χ3v) is 6.63. The Morgan fingerprint density at radius 1 is 1.08 bits per heavy atom. The highest BCUT2D eigenvalue weighted by Gasteiger charge is 2.43. The van der Waals surface area contributed by atoms with Crippen LogP contribution in [0, 0.1) is 10.1 Å². The third kappa shape index (κ3) is 9.44. The number of carbonyl (C=O) groups is 3. The second-order valence-electron chi connectivity index (χ2n) is 9.32. The van der Waals surface area contributed by atoms with Gasteiger partial charge in [-0.25, -0.2) is 9.80 Å². The molecular formula is C26H38N4O9. The fraction of sp³-hybridized carbons (Fsp3) is 0.654. The zero-order valence-electron chi connectivity index (χ0n) is 22.3. The molecule has 0 saturated carbocycles. The summed E-state index contributed by atoms with van der Waals surface area (Å²) in [5, 5.41) is 15.9. The molecule has 13 heteroatoms. The molecule has 3 atom stereocenters. The van der Waals surface area contributed by atoms with E-state index in [2.05, 4.69) is 10.2 Å². The van der Waals surface area contributed by atoms with Gasteiger partial charge in [0.15, 0.2) is 0 Å². The van der Waals surface area contributed by atoms with Gasteiger partial charge in [0.05, 0.1) is 25.9 Å². The number of amides is 1. The Bertz CT molecular complexity index is 949. The van der Waals surface area contributed by atoms with E-state index in [0.29, 0.717) is 38.8 Å². The molecule has 0 aromatic heterocycles. The van der Waals surface area contributed by atoms with Crippen molar-refractivity contribution in [1.82, 2.24) is 15.3 Å². The lowest BCUT2D eigenvalue weighted by molar-refractivity contribution is -0.758. The average molecular weight is 551 g/mol. The van der Waals surface area contributed by atoms with Crippen molar-refractivity contribution in [2.75, 3.05) is 46.1 Å². The first-order valence-electron chi connectivity index (χ1n) is 13.5. The van der Waals surface area contributed by atoms with Crippen molar-refractivity contribution in [1.29, 1.82) is 0 Å². The molecule has 0 radical (unpaired) electrons. The maximum atomic E-state index is 13.8. The molecule has 0 aliphatic carbocycles. The quantitative estimate of drug-likeness (QED) is 0.146. The van der Waals surface area contributed by atoms with Crippen molar-refractivity contribution in [2.45, 2.75) is 63.6 Å². The van der Waals surface area contributed by atoms with E-state index in [1.165, 1.54) is 5.01 Å². The molecule has 0 bridgehead atoms. The Hall–Kier alpha value is -3.29.